The number of aryl methyl sites for hydroxylation is 4. The molecule has 1 unspecified atom stereocenters. The minimum Gasteiger partial charge on any atom is -0.444 e. The molecular formula is C84H97F10N15O9S3. The highest BCUT2D eigenvalue weighted by molar-refractivity contribution is 7.84. The van der Waals surface area contributed by atoms with Crippen LogP contribution >= 0.6 is 22.7 Å². The number of carbonyl (C=O) groups is 1. The Morgan fingerprint density at radius 1 is 0.554 bits per heavy atom. The smallest absolute Gasteiger partial charge is 0.410 e. The Hall–Kier alpha value is -9.90. The topological polar surface area (TPSA) is 326 Å². The fourth-order valence-corrected chi connectivity index (χ4v) is 16.0. The molecule has 7 heterocycles. The van der Waals surface area contributed by atoms with Gasteiger partial charge in [-0.05, 0) is 162 Å². The maximum Gasteiger partial charge on any atom is 0.410 e. The van der Waals surface area contributed by atoms with Gasteiger partial charge in [0.1, 0.15) is 109 Å². The number of ether oxygens (including phenoxy) is 3. The average Bonchev–Trinajstić information content (AvgIpc) is 1.61. The molecule has 14 rings (SSSR count). The van der Waals surface area contributed by atoms with Crippen LogP contribution in [-0.4, -0.2) is 171 Å². The molecule has 0 radical (unpaired) electrons. The maximum absolute atomic E-state index is 14.3. The predicted octanol–water partition coefficient (Wildman–Crippen LogP) is 14.1. The van der Waals surface area contributed by atoms with Gasteiger partial charge in [0.05, 0.1) is 91.5 Å². The van der Waals surface area contributed by atoms with Crippen LogP contribution in [0, 0.1) is 97.7 Å². The lowest BCUT2D eigenvalue weighted by Gasteiger charge is -2.24. The third kappa shape index (κ3) is 24.1. The van der Waals surface area contributed by atoms with Crippen molar-refractivity contribution in [2.24, 2.45) is 17.6 Å². The molecule has 2 aliphatic carbocycles. The first-order chi connectivity index (χ1) is 57.3. The summed E-state index contributed by atoms with van der Waals surface area (Å²) < 4.78 is 163. The molecule has 11 aromatic rings. The number of nitrogens with zero attached hydrogens (tertiary/aromatic N) is 10. The van der Waals surface area contributed by atoms with Crippen LogP contribution < -0.4 is 31.9 Å². The van der Waals surface area contributed by atoms with Crippen molar-refractivity contribution in [3.63, 3.8) is 0 Å². The van der Waals surface area contributed by atoms with Crippen molar-refractivity contribution in [1.82, 2.24) is 55.4 Å². The van der Waals surface area contributed by atoms with Crippen molar-refractivity contribution >= 4 is 77.6 Å². The Labute approximate surface area is 703 Å². The molecule has 1 amide bonds. The third-order valence-corrected chi connectivity index (χ3v) is 22.1. The van der Waals surface area contributed by atoms with Gasteiger partial charge >= 0.3 is 6.09 Å². The van der Waals surface area contributed by atoms with Crippen LogP contribution in [0.5, 0.6) is 0 Å². The second-order valence-electron chi connectivity index (χ2n) is 30.0. The van der Waals surface area contributed by atoms with Crippen molar-refractivity contribution < 1.29 is 87.5 Å². The van der Waals surface area contributed by atoms with E-state index in [1.807, 2.05) is 46.8 Å². The average molecular weight is 1750 g/mol. The molecule has 0 bridgehead atoms. The van der Waals surface area contributed by atoms with Gasteiger partial charge in [-0.1, -0.05) is 30.3 Å². The summed E-state index contributed by atoms with van der Waals surface area (Å²) >= 11 is 2.99. The molecule has 9 atom stereocenters. The van der Waals surface area contributed by atoms with Gasteiger partial charge in [-0.15, -0.1) is 22.7 Å². The molecular weight excluding hydrogens is 1650 g/mol. The van der Waals surface area contributed by atoms with Gasteiger partial charge in [-0.2, -0.15) is 4.98 Å². The number of aromatic nitrogens is 8. The lowest BCUT2D eigenvalue weighted by molar-refractivity contribution is -0.158. The highest BCUT2D eigenvalue weighted by Gasteiger charge is 2.54. The van der Waals surface area contributed by atoms with Crippen molar-refractivity contribution in [3.05, 3.63) is 224 Å². The minimum absolute atomic E-state index is 0.0167. The van der Waals surface area contributed by atoms with E-state index in [1.54, 1.807) is 78.8 Å². The van der Waals surface area contributed by atoms with Crippen LogP contribution in [0.15, 0.2) is 121 Å². The van der Waals surface area contributed by atoms with E-state index >= 15 is 0 Å². The first kappa shape index (κ1) is 94.9. The number of benzene rings is 5. The van der Waals surface area contributed by atoms with E-state index in [0.29, 0.717) is 46.4 Å². The number of amides is 1. The van der Waals surface area contributed by atoms with Crippen LogP contribution in [-0.2, 0) is 57.7 Å². The van der Waals surface area contributed by atoms with E-state index in [0.717, 1.165) is 59.4 Å². The van der Waals surface area contributed by atoms with Crippen LogP contribution in [0.3, 0.4) is 0 Å². The number of carbonyl (C=O) groups excluding carboxylic acids is 1. The summed E-state index contributed by atoms with van der Waals surface area (Å²) in [6.45, 7) is 16.2. The first-order valence-electron chi connectivity index (χ1n) is 38.1. The standard InChI is InChI=1S/C26H28F2N6O3S.C22H27N5O4S2.C13H17F2NO2.2C8H9F2N.C7H7F2N/c1-12-20(25-32-21-13(2)29-8-7-19(21)38-25)24(31-18-9-14(11-35)22(36)23(18)37)33-26(30-12)34(3)10-15-16(27)5-4-6-17(15)28;1-10-15(20-26-16-11(2)23-7-6-14(16)32-20)19(27-21(24-10)33(5)29)25-13-8-12(9-28)17-18(13)31-22(3,4)30-17;1-13(2,3)18-12(17)16(4)8-9-10(14)6-5-7-11(9)15;2*1-11-5-6-7(9)3-2-4-8(6)10;8-6-2-1-3-7(9)5(6)4-10/h4-8,14,18,22-23,35-37H,9-11H2,1-3H3,(H,30,31,33);6-7,12-13,17-18,28H,8-9H2,1-5H3,(H,24,25,27);5-7H,8H2,1-4H3;2*2-4,11H,5H2,1H3;1-3H,4,10H2/t14-,18-,22-,23+;12-,13-,17-,18+,33?;;;;/m11..../s1. The van der Waals surface area contributed by atoms with E-state index in [2.05, 4.69) is 51.2 Å². The van der Waals surface area contributed by atoms with Gasteiger partial charge < -0.3 is 71.4 Å². The number of anilines is 3. The summed E-state index contributed by atoms with van der Waals surface area (Å²) in [5, 5.41) is 54.3. The van der Waals surface area contributed by atoms with Gasteiger partial charge in [0.15, 0.2) is 5.79 Å². The second-order valence-corrected chi connectivity index (χ2v) is 33.3. The lowest BCUT2D eigenvalue weighted by atomic mass is 10.1. The number of hydrogen-bond donors (Lipinski definition) is 9. The third-order valence-electron chi connectivity index (χ3n) is 19.4. The Morgan fingerprint density at radius 2 is 0.950 bits per heavy atom. The molecule has 3 aliphatic rings. The van der Waals surface area contributed by atoms with Gasteiger partial charge in [0.25, 0.3) is 0 Å². The Morgan fingerprint density at radius 3 is 1.35 bits per heavy atom. The fourth-order valence-electron chi connectivity index (χ4n) is 13.3. The summed E-state index contributed by atoms with van der Waals surface area (Å²) in [4.78, 5) is 51.0. The number of aliphatic hydroxyl groups is 4. The molecule has 121 heavy (non-hydrogen) atoms. The summed E-state index contributed by atoms with van der Waals surface area (Å²) in [7, 11) is 5.00. The fraction of sp³-hybridized carbons (Fsp3) is 0.393. The molecule has 1 aliphatic heterocycles. The maximum atomic E-state index is 14.3. The largest absolute Gasteiger partial charge is 0.444 e. The number of rotatable bonds is 19. The monoisotopic (exact) mass is 1750 g/mol. The molecule has 1 saturated heterocycles. The Balaban J connectivity index is 0.000000179. The summed E-state index contributed by atoms with van der Waals surface area (Å²) in [5.41, 5.74) is 10.2. The second kappa shape index (κ2) is 42.3. The first-order valence-corrected chi connectivity index (χ1v) is 41.3. The van der Waals surface area contributed by atoms with E-state index in [1.165, 1.54) is 102 Å². The van der Waals surface area contributed by atoms with Crippen LogP contribution in [0.2, 0.25) is 0 Å². The number of pyridine rings is 2. The molecule has 2 saturated carbocycles. The number of hydrogen-bond acceptors (Lipinski definition) is 25. The molecule has 24 nitrogen and oxygen atoms in total. The number of fused-ring (bicyclic) bond motifs is 3. The normalized spacial score (nSPS) is 18.4. The summed E-state index contributed by atoms with van der Waals surface area (Å²) in [6, 6.07) is 21.7. The predicted molar refractivity (Wildman–Crippen MR) is 444 cm³/mol. The molecule has 3 fully saturated rings. The van der Waals surface area contributed by atoms with Crippen molar-refractivity contribution in [1.29, 1.82) is 0 Å². The van der Waals surface area contributed by atoms with Crippen molar-refractivity contribution in [3.8, 4) is 21.1 Å². The van der Waals surface area contributed by atoms with Crippen molar-refractivity contribution in [2.45, 2.75) is 161 Å². The van der Waals surface area contributed by atoms with Gasteiger partial charge in [0.2, 0.25) is 11.1 Å². The van der Waals surface area contributed by atoms with E-state index in [9.17, 15) is 73.3 Å². The van der Waals surface area contributed by atoms with Crippen LogP contribution in [0.25, 0.3) is 41.6 Å². The van der Waals surface area contributed by atoms with E-state index < -0.39 is 111 Å². The van der Waals surface area contributed by atoms with Crippen LogP contribution in [0.1, 0.15) is 98.1 Å². The number of nitrogens with one attached hydrogen (secondary N) is 4. The highest BCUT2D eigenvalue weighted by Crippen LogP contribution is 2.45. The summed E-state index contributed by atoms with van der Waals surface area (Å²) in [6.07, 6.45) is 2.75. The number of halogens is 10. The Bertz CT molecular complexity index is 5270. The zero-order chi connectivity index (χ0) is 88.6. The molecule has 5 aromatic carbocycles. The zero-order valence-electron chi connectivity index (χ0n) is 68.8. The number of aliphatic hydroxyl groups excluding tert-OH is 4. The van der Waals surface area contributed by atoms with Crippen molar-refractivity contribution in [2.75, 3.05) is 63.2 Å². The van der Waals surface area contributed by atoms with Crippen LogP contribution in [0.4, 0.5) is 66.3 Å². The quantitative estimate of drug-likeness (QED) is 0.0268. The molecule has 6 aromatic heterocycles. The lowest BCUT2D eigenvalue weighted by Crippen LogP contribution is -2.36. The molecule has 10 N–H and O–H groups in total. The molecule has 37 heteroatoms. The number of nitrogens with two attached hydrogens (primary N) is 1. The van der Waals surface area contributed by atoms with Gasteiger partial charge in [-0.3, -0.25) is 14.2 Å². The minimum atomic E-state index is -1.35. The van der Waals surface area contributed by atoms with E-state index in [4.69, 9.17) is 29.9 Å². The highest BCUT2D eigenvalue weighted by atomic mass is 32.2. The molecule has 0 spiro atoms. The van der Waals surface area contributed by atoms with Gasteiger partial charge in [0, 0.05) is 105 Å². The SMILES string of the molecule is CN(Cc1c(F)cccc1F)C(=O)OC(C)(C)C.CNCc1c(F)cccc1F.CNCc1c(F)cccc1F.Cc1nc(N(C)Cc2c(F)cccc2F)nc(N[C@@H]2C[C@H](CO)[C@@H](O)[C@H]2O)c1-c1nc2c(C)nccc2s1.Cc1nc(S(C)=O)nc(N[C@@H]2C[C@H](CO)[C@H]3OC(C)(C)O[C@H]32)c1-c1nc2c(C)nccc2s1.NCc1c(F)cccc1F. The zero-order valence-corrected chi connectivity index (χ0v) is 71.3. The number of thiazole rings is 2. The summed E-state index contributed by atoms with van der Waals surface area (Å²) in [5.74, 6) is -5.98. The molecule has 650 valence electrons. The van der Waals surface area contributed by atoms with Gasteiger partial charge in [-0.25, -0.2) is 73.6 Å². The van der Waals surface area contributed by atoms with E-state index in [-0.39, 0.29) is 109 Å². The Kier molecular flexibility index (Phi) is 33.2.